The minimum Gasteiger partial charge on any atom is -0.483 e. The maximum Gasteiger partial charge on any atom is 0.265 e. The van der Waals surface area contributed by atoms with Gasteiger partial charge >= 0.3 is 0 Å². The fourth-order valence-electron chi connectivity index (χ4n) is 3.66. The lowest BCUT2D eigenvalue weighted by molar-refractivity contribution is -0.120. The fraction of sp³-hybridized carbons (Fsp3) is 0.227. The van der Waals surface area contributed by atoms with E-state index in [1.165, 1.54) is 0 Å². The summed E-state index contributed by atoms with van der Waals surface area (Å²) in [6.07, 6.45) is 0.442. The summed E-state index contributed by atoms with van der Waals surface area (Å²) in [4.78, 5) is 14.6. The summed E-state index contributed by atoms with van der Waals surface area (Å²) in [5.74, 6) is 0.486. The minimum atomic E-state index is -3.11. The number of hydrogen-bond acceptors (Lipinski definition) is 4. The molecule has 0 aliphatic carbocycles. The molecule has 1 fully saturated rings. The molecule has 0 radical (unpaired) electrons. The minimum absolute atomic E-state index is 0.0120. The van der Waals surface area contributed by atoms with Crippen LogP contribution in [0.15, 0.2) is 72.8 Å². The van der Waals surface area contributed by atoms with Gasteiger partial charge in [0, 0.05) is 11.1 Å². The Labute approximate surface area is 164 Å². The molecule has 1 atom stereocenters. The highest BCUT2D eigenvalue weighted by molar-refractivity contribution is 7.91. The Morgan fingerprint density at radius 1 is 0.964 bits per heavy atom. The van der Waals surface area contributed by atoms with E-state index in [9.17, 15) is 13.2 Å². The van der Waals surface area contributed by atoms with Crippen molar-refractivity contribution >= 4 is 32.2 Å². The molecule has 4 rings (SSSR count). The van der Waals surface area contributed by atoms with E-state index in [0.29, 0.717) is 17.9 Å². The number of ether oxygens (including phenoxy) is 1. The predicted molar refractivity (Wildman–Crippen MR) is 110 cm³/mol. The summed E-state index contributed by atoms with van der Waals surface area (Å²) in [7, 11) is -3.11. The van der Waals surface area contributed by atoms with Gasteiger partial charge in [0.15, 0.2) is 16.4 Å². The van der Waals surface area contributed by atoms with Crippen LogP contribution in [0.2, 0.25) is 0 Å². The number of hydrogen-bond donors (Lipinski definition) is 0. The van der Waals surface area contributed by atoms with Crippen molar-refractivity contribution in [3.8, 4) is 5.75 Å². The molecule has 3 aromatic rings. The van der Waals surface area contributed by atoms with Crippen LogP contribution in [0.5, 0.6) is 5.75 Å². The summed E-state index contributed by atoms with van der Waals surface area (Å²) in [5.41, 5.74) is 0.691. The largest absolute Gasteiger partial charge is 0.483 e. The number of benzene rings is 3. The van der Waals surface area contributed by atoms with Crippen molar-refractivity contribution in [2.24, 2.45) is 0 Å². The van der Waals surface area contributed by atoms with Gasteiger partial charge in [0.2, 0.25) is 0 Å². The molecule has 1 heterocycles. The summed E-state index contributed by atoms with van der Waals surface area (Å²) in [5, 5.41) is 1.97. The van der Waals surface area contributed by atoms with Gasteiger partial charge < -0.3 is 9.64 Å². The van der Waals surface area contributed by atoms with Crippen molar-refractivity contribution in [2.75, 3.05) is 23.0 Å². The second-order valence-corrected chi connectivity index (χ2v) is 9.15. The molecule has 144 valence electrons. The zero-order valence-electron chi connectivity index (χ0n) is 15.3. The van der Waals surface area contributed by atoms with Gasteiger partial charge in [-0.15, -0.1) is 0 Å². The Morgan fingerprint density at radius 2 is 1.68 bits per heavy atom. The smallest absolute Gasteiger partial charge is 0.265 e. The third-order valence-electron chi connectivity index (χ3n) is 4.98. The molecule has 0 saturated carbocycles. The van der Waals surface area contributed by atoms with Crippen LogP contribution < -0.4 is 9.64 Å². The highest BCUT2D eigenvalue weighted by atomic mass is 32.2. The molecule has 5 nitrogen and oxygen atoms in total. The Bertz CT molecular complexity index is 1090. The highest BCUT2D eigenvalue weighted by Crippen LogP contribution is 2.27. The molecule has 0 unspecified atom stereocenters. The lowest BCUT2D eigenvalue weighted by atomic mass is 10.1. The monoisotopic (exact) mass is 395 g/mol. The SMILES string of the molecule is O=C(COc1cccc2ccccc12)N(c1ccccc1)[C@@H]1CCS(=O)(=O)C1. The van der Waals surface area contributed by atoms with Crippen molar-refractivity contribution in [3.63, 3.8) is 0 Å². The molecule has 0 N–H and O–H groups in total. The van der Waals surface area contributed by atoms with Crippen molar-refractivity contribution in [1.29, 1.82) is 0 Å². The topological polar surface area (TPSA) is 63.7 Å². The summed E-state index contributed by atoms with van der Waals surface area (Å²) in [6, 6.07) is 22.4. The van der Waals surface area contributed by atoms with Crippen LogP contribution in [0.25, 0.3) is 10.8 Å². The lowest BCUT2D eigenvalue weighted by Gasteiger charge is -2.28. The Hall–Kier alpha value is -2.86. The molecular formula is C22H21NO4S. The molecule has 1 aliphatic rings. The first-order chi connectivity index (χ1) is 13.5. The van der Waals surface area contributed by atoms with E-state index in [4.69, 9.17) is 4.74 Å². The molecule has 1 aliphatic heterocycles. The number of rotatable bonds is 5. The number of amides is 1. The second-order valence-electron chi connectivity index (χ2n) is 6.92. The molecule has 28 heavy (non-hydrogen) atoms. The third kappa shape index (κ3) is 3.87. The fourth-order valence-corrected chi connectivity index (χ4v) is 5.36. The number of fused-ring (bicyclic) bond motifs is 1. The van der Waals surface area contributed by atoms with E-state index in [2.05, 4.69) is 0 Å². The summed E-state index contributed by atoms with van der Waals surface area (Å²) >= 11 is 0. The molecule has 3 aromatic carbocycles. The molecule has 0 aromatic heterocycles. The van der Waals surface area contributed by atoms with Gasteiger partial charge in [0.25, 0.3) is 5.91 Å². The normalized spacial score (nSPS) is 18.1. The van der Waals surface area contributed by atoms with Crippen molar-refractivity contribution < 1.29 is 17.9 Å². The molecular weight excluding hydrogens is 374 g/mol. The number of carbonyl (C=O) groups excluding carboxylic acids is 1. The maximum atomic E-state index is 13.1. The Morgan fingerprint density at radius 3 is 2.43 bits per heavy atom. The molecule has 6 heteroatoms. The van der Waals surface area contributed by atoms with Crippen LogP contribution in [0.3, 0.4) is 0 Å². The molecule has 1 saturated heterocycles. The first kappa shape index (κ1) is 18.5. The highest BCUT2D eigenvalue weighted by Gasteiger charge is 2.35. The van der Waals surface area contributed by atoms with Gasteiger partial charge in [-0.3, -0.25) is 4.79 Å². The van der Waals surface area contributed by atoms with Gasteiger partial charge in [-0.1, -0.05) is 54.6 Å². The number of sulfone groups is 1. The van der Waals surface area contributed by atoms with E-state index in [0.717, 1.165) is 10.8 Å². The van der Waals surface area contributed by atoms with E-state index >= 15 is 0 Å². The average Bonchev–Trinajstić information content (AvgIpc) is 3.06. The lowest BCUT2D eigenvalue weighted by Crippen LogP contribution is -2.43. The van der Waals surface area contributed by atoms with E-state index in [1.807, 2.05) is 72.8 Å². The van der Waals surface area contributed by atoms with Crippen LogP contribution in [0.4, 0.5) is 5.69 Å². The van der Waals surface area contributed by atoms with Crippen molar-refractivity contribution in [3.05, 3.63) is 72.8 Å². The molecule has 0 spiro atoms. The van der Waals surface area contributed by atoms with Gasteiger partial charge in [-0.05, 0) is 30.0 Å². The van der Waals surface area contributed by atoms with Crippen LogP contribution in [0, 0.1) is 0 Å². The Balaban J connectivity index is 1.57. The zero-order valence-corrected chi connectivity index (χ0v) is 16.1. The quantitative estimate of drug-likeness (QED) is 0.664. The number of nitrogens with zero attached hydrogens (tertiary/aromatic N) is 1. The summed E-state index contributed by atoms with van der Waals surface area (Å²) < 4.78 is 29.8. The number of para-hydroxylation sites is 1. The predicted octanol–water partition coefficient (Wildman–Crippen LogP) is 3.44. The maximum absolute atomic E-state index is 13.1. The first-order valence-electron chi connectivity index (χ1n) is 9.22. The molecule has 0 bridgehead atoms. The standard InChI is InChI=1S/C22H21NO4S/c24-22(15-27-21-12-6-8-17-7-4-5-11-20(17)21)23(18-9-2-1-3-10-18)19-13-14-28(25,26)16-19/h1-12,19H,13-16H2/t19-/m1/s1. The van der Waals surface area contributed by atoms with Crippen molar-refractivity contribution in [2.45, 2.75) is 12.5 Å². The van der Waals surface area contributed by atoms with Crippen LogP contribution in [-0.4, -0.2) is 38.5 Å². The van der Waals surface area contributed by atoms with Gasteiger partial charge in [-0.2, -0.15) is 0 Å². The van der Waals surface area contributed by atoms with Crippen molar-refractivity contribution in [1.82, 2.24) is 0 Å². The van der Waals surface area contributed by atoms with Crippen LogP contribution >= 0.6 is 0 Å². The number of anilines is 1. The van der Waals surface area contributed by atoms with E-state index < -0.39 is 9.84 Å². The second kappa shape index (κ2) is 7.64. The summed E-state index contributed by atoms with van der Waals surface area (Å²) in [6.45, 7) is -0.153. The number of carbonyl (C=O) groups is 1. The average molecular weight is 395 g/mol. The van der Waals surface area contributed by atoms with Crippen LogP contribution in [0.1, 0.15) is 6.42 Å². The van der Waals surface area contributed by atoms with E-state index in [-0.39, 0.29) is 30.1 Å². The Kier molecular flexibility index (Phi) is 5.05. The van der Waals surface area contributed by atoms with Gasteiger partial charge in [0.1, 0.15) is 5.75 Å². The van der Waals surface area contributed by atoms with Gasteiger partial charge in [-0.25, -0.2) is 8.42 Å². The molecule has 1 amide bonds. The van der Waals surface area contributed by atoms with E-state index in [1.54, 1.807) is 4.90 Å². The first-order valence-corrected chi connectivity index (χ1v) is 11.0. The van der Waals surface area contributed by atoms with Gasteiger partial charge in [0.05, 0.1) is 17.5 Å². The zero-order chi connectivity index (χ0) is 19.6. The van der Waals surface area contributed by atoms with Crippen LogP contribution in [-0.2, 0) is 14.6 Å². The third-order valence-corrected chi connectivity index (χ3v) is 6.73.